The average molecular weight is 2030 g/mol. The predicted molar refractivity (Wildman–Crippen MR) is 527 cm³/mol. The van der Waals surface area contributed by atoms with E-state index < -0.39 is 72.7 Å². The van der Waals surface area contributed by atoms with Crippen LogP contribution in [0.2, 0.25) is 0 Å². The lowest BCUT2D eigenvalue weighted by molar-refractivity contribution is -0.134. The van der Waals surface area contributed by atoms with Crippen LogP contribution in [0, 0.1) is 0 Å². The number of carboxylic acids is 1. The summed E-state index contributed by atoms with van der Waals surface area (Å²) in [5, 5.41) is 38.3. The van der Waals surface area contributed by atoms with Gasteiger partial charge in [0.15, 0.2) is 121 Å². The summed E-state index contributed by atoms with van der Waals surface area (Å²) in [6.07, 6.45) is 26.8. The van der Waals surface area contributed by atoms with Crippen LogP contribution in [0.5, 0.6) is 28.9 Å². The van der Waals surface area contributed by atoms with Gasteiger partial charge >= 0.3 is 0 Å². The number of hydrogen-bond acceptors (Lipinski definition) is 31. The summed E-state index contributed by atoms with van der Waals surface area (Å²) in [5.74, 6) is 3.84. The van der Waals surface area contributed by atoms with Gasteiger partial charge < -0.3 is 48.8 Å². The van der Waals surface area contributed by atoms with Gasteiger partial charge in [-0.05, 0) is 143 Å². The van der Waals surface area contributed by atoms with Crippen molar-refractivity contribution in [3.05, 3.63) is 212 Å². The Morgan fingerprint density at radius 2 is 0.849 bits per heavy atom. The molecule has 0 saturated heterocycles. The lowest BCUT2D eigenvalue weighted by Gasteiger charge is -2.26. The van der Waals surface area contributed by atoms with Crippen molar-refractivity contribution < 1.29 is 78.6 Å². The van der Waals surface area contributed by atoms with Crippen LogP contribution in [0.25, 0.3) is 136 Å². The van der Waals surface area contributed by atoms with Gasteiger partial charge in [-0.3, -0.25) is 57.4 Å². The minimum Gasteiger partial charge on any atom is -0.495 e. The molecule has 0 fully saturated rings. The zero-order chi connectivity index (χ0) is 96.6. The minimum absolute atomic E-state index is 0.291. The molecule has 7 N–H and O–H groups in total. The van der Waals surface area contributed by atoms with Crippen LogP contribution in [0.4, 0.5) is 23.3 Å². The van der Waals surface area contributed by atoms with Crippen molar-refractivity contribution in [3.63, 3.8) is 0 Å². The van der Waals surface area contributed by atoms with Crippen LogP contribution >= 0.6 is 15.9 Å². The number of hydrogen-bond donors (Lipinski definition) is 7. The molecule has 706 valence electrons. The molecule has 9 aliphatic rings. The normalized spacial score (nSPS) is 18.2. The second kappa shape index (κ2) is 39.4. The lowest BCUT2D eigenvalue weighted by atomic mass is 10.0. The third-order valence-corrected chi connectivity index (χ3v) is 28.3. The van der Waals surface area contributed by atoms with E-state index in [1.807, 2.05) is 160 Å². The highest BCUT2D eigenvalue weighted by atomic mass is 79.9. The number of carbonyl (C=O) groups excluding carboxylic acids is 5. The zero-order valence-electron chi connectivity index (χ0n) is 73.8. The van der Waals surface area contributed by atoms with E-state index in [9.17, 15) is 45.0 Å². The Balaban J connectivity index is 0.000000111. The number of fused-ring (bicyclic) bond motifs is 9. The largest absolute Gasteiger partial charge is 0.495 e. The topological polar surface area (TPSA) is 502 Å². The van der Waals surface area contributed by atoms with Crippen molar-refractivity contribution in [2.24, 2.45) is 0 Å². The third kappa shape index (κ3) is 19.2. The highest BCUT2D eigenvalue weighted by Gasteiger charge is 2.32. The number of anilines is 4. The van der Waals surface area contributed by atoms with E-state index in [1.54, 1.807) is 55.2 Å². The number of rotatable bonds is 11. The number of amides is 5. The number of aliphatic carboxylic acids is 1. The summed E-state index contributed by atoms with van der Waals surface area (Å²) in [5.41, 5.74) is 12.5. The van der Waals surface area contributed by atoms with Gasteiger partial charge in [-0.2, -0.15) is 25.5 Å². The molecule has 5 unspecified atom stereocenters. The number of nitrogens with one attached hydrogen (secondary N) is 6. The Bertz CT molecular complexity index is 7910. The van der Waals surface area contributed by atoms with Gasteiger partial charge in [0.1, 0.15) is 24.7 Å². The van der Waals surface area contributed by atoms with E-state index in [4.69, 9.17) is 38.7 Å². The summed E-state index contributed by atoms with van der Waals surface area (Å²) in [7, 11) is -0.512. The van der Waals surface area contributed by atoms with Gasteiger partial charge in [-0.1, -0.05) is 24.3 Å². The van der Waals surface area contributed by atoms with Crippen LogP contribution in [-0.2, 0) is 83.7 Å². The fraction of sp³-hybridized carbons (Fsp3) is 0.176. The molecule has 0 spiro atoms. The molecule has 5 atom stereocenters. The third-order valence-electron chi connectivity index (χ3n) is 22.4. The van der Waals surface area contributed by atoms with Crippen molar-refractivity contribution in [2.45, 2.75) is 26.2 Å². The van der Waals surface area contributed by atoms with E-state index in [0.29, 0.717) is 74.6 Å². The number of nitrogens with zero attached hydrogens (tertiary/aromatic N) is 19. The van der Waals surface area contributed by atoms with Crippen LogP contribution in [0.15, 0.2) is 212 Å². The van der Waals surface area contributed by atoms with Crippen molar-refractivity contribution in [1.29, 1.82) is 0 Å². The molecule has 139 heavy (non-hydrogen) atoms. The van der Waals surface area contributed by atoms with Crippen molar-refractivity contribution in [3.8, 4) is 84.8 Å². The second-order valence-electron chi connectivity index (χ2n) is 31.6. The highest BCUT2D eigenvalue weighted by Crippen LogP contribution is 2.42. The monoisotopic (exact) mass is 2030 g/mol. The maximum atomic E-state index is 12.4. The number of likely N-dealkylation sites (N-methyl/N-ethyl adjacent to an activating group) is 2. The Labute approximate surface area is 808 Å². The van der Waals surface area contributed by atoms with E-state index in [1.165, 1.54) is 49.1 Å². The maximum absolute atomic E-state index is 12.4. The standard InChI is InChI=1S/C23H18N6O3S.2C19H17N5O3S.C17H14N6O3S.C11H8BrN3O3S.C2H4O2/c1-28-7-8-32-19-10-16(13-25-23(19)28)14-4-5-18-17(9-14)22(15-3-2-6-24-12-15)26-29(18)21-11-20(30)27-33(21)31;1-23-5-2-6-27-16-8-13(10-20-19(16)23)12-3-4-15-14(7-12)11-21-24(15)18-9-17(25)22-28(18)26;25-17-9-18(28(26)23-17)24-15-4-3-12(7-14(15)11-22-24)13-8-16-19(21-10-13)20-5-1-2-6-27-16;1-22-4-5-26-17-16(22)18-9-12(20-17)10-2-3-13-11(6-10)8-19-23(13)15-7-14(24)21-27(15)25;1-18-11-6-5-13-15(8(6)3-2-7(11)12)10-4-9(16)14-19(10)17;1-2(3)4/h2-6,9-13H,7-8H2,1H3,(H,27,30);3-4,7-11H,2,5-6H2,1H3,(H,22,25);3-4,7-11H,1-2,5-6H2,(H,20,21)(H,23,25);2-3,6-9H,4-5H2,1H3,(H,21,24);2-5H,1H3,(H,14,16);1H3,(H,3,4). The van der Waals surface area contributed by atoms with Gasteiger partial charge in [0.25, 0.3) is 41.4 Å². The Morgan fingerprint density at radius 3 is 1.37 bits per heavy atom. The number of carboxylic acid groups (broad SMARTS) is 1. The molecule has 19 heterocycles. The van der Waals surface area contributed by atoms with Crippen LogP contribution in [0.3, 0.4) is 0 Å². The molecule has 9 aliphatic heterocycles. The Morgan fingerprint density at radius 1 is 0.424 bits per heavy atom. The van der Waals surface area contributed by atoms with Gasteiger partial charge in [-0.25, -0.2) is 69.4 Å². The molecule has 5 amide bonds. The first-order valence-electron chi connectivity index (χ1n) is 42.6. The van der Waals surface area contributed by atoms with Gasteiger partial charge in [0.2, 0.25) is 0 Å². The van der Waals surface area contributed by atoms with E-state index in [0.717, 1.165) is 196 Å². The fourth-order valence-electron chi connectivity index (χ4n) is 15.8. The molecule has 15 aromatic rings. The fourth-order valence-corrected chi connectivity index (χ4v) is 20.6. The number of pyridine rings is 4. The molecule has 24 rings (SSSR count). The SMILES string of the molecule is CC(=O)O.CN1CCCOc2cc(-c3ccc4c(cnn4C4=CC(=O)NS4=O)c3)cnc21.CN1CCOc2cc(-c3ccc4c(c3)c(-c3cccnc3)nn4C3=CC(=O)NS3=O)cnc21.CN1CCOc2nc(-c3ccc4c(cnn4C4=CC(=O)NS4=O)c3)cnc21.COc1c(Br)ccc2c1cnn2C1=CC(=O)NS1=O.O=C1C=C(n2ncc3cc(-c4cnc5c(c4)OCCCCN5)ccc32)S(=O)N1. The molecule has 48 heteroatoms. The first kappa shape index (κ1) is 92.2. The van der Waals surface area contributed by atoms with Crippen molar-refractivity contribution >= 4 is 209 Å². The van der Waals surface area contributed by atoms with E-state index >= 15 is 0 Å². The summed E-state index contributed by atoms with van der Waals surface area (Å²) < 4.78 is 109. The number of halogens is 1. The molecule has 0 bridgehead atoms. The molecule has 0 aliphatic carbocycles. The van der Waals surface area contributed by atoms with Gasteiger partial charge in [-0.15, -0.1) is 0 Å². The van der Waals surface area contributed by atoms with E-state index in [-0.39, 0.29) is 17.7 Å². The predicted octanol–water partition coefficient (Wildman–Crippen LogP) is 9.17. The summed E-state index contributed by atoms with van der Waals surface area (Å²) in [6, 6.07) is 36.6. The smallest absolute Gasteiger partial charge is 0.300 e. The van der Waals surface area contributed by atoms with Gasteiger partial charge in [0, 0.05) is 152 Å². The van der Waals surface area contributed by atoms with Crippen LogP contribution in [-0.4, -0.2) is 221 Å². The minimum atomic E-state index is -1.67. The van der Waals surface area contributed by atoms with Crippen molar-refractivity contribution in [2.75, 3.05) is 101 Å². The Kier molecular flexibility index (Phi) is 26.1. The molecule has 42 nitrogen and oxygen atoms in total. The molecule has 0 saturated carbocycles. The summed E-state index contributed by atoms with van der Waals surface area (Å²) >= 11 is 3.39. The first-order valence-corrected chi connectivity index (χ1v) is 49.1. The van der Waals surface area contributed by atoms with Crippen LogP contribution in [0.1, 0.15) is 26.2 Å². The number of benzene rings is 5. The lowest BCUT2D eigenvalue weighted by Crippen LogP contribution is -2.30. The average Bonchev–Trinajstić information content (AvgIpc) is 1.61. The molecule has 10 aromatic heterocycles. The summed E-state index contributed by atoms with van der Waals surface area (Å²) in [6.45, 7) is 7.02. The van der Waals surface area contributed by atoms with E-state index in [2.05, 4.69) is 105 Å². The first-order chi connectivity index (χ1) is 67.3. The molecule has 5 aromatic carbocycles. The number of methoxy groups -OCH3 is 1. The second-order valence-corrected chi connectivity index (χ2v) is 38.2. The quantitative estimate of drug-likeness (QED) is 0.0634. The number of ether oxygens (including phenoxy) is 5. The number of carbonyl (C=O) groups is 6. The zero-order valence-corrected chi connectivity index (χ0v) is 79.5. The maximum Gasteiger partial charge on any atom is 0.300 e. The summed E-state index contributed by atoms with van der Waals surface area (Å²) in [4.78, 5) is 99.5. The molecule has 0 radical (unpaired) electrons. The Hall–Kier alpha value is -15.9. The molecular formula is C91H78BrN25O17S5. The molecular weight excluding hydrogens is 1960 g/mol. The van der Waals surface area contributed by atoms with Gasteiger partial charge in [0.05, 0.1) is 108 Å². The number of aromatic nitrogens is 16. The van der Waals surface area contributed by atoms with Crippen molar-refractivity contribution in [1.82, 2.24) is 102 Å². The highest BCUT2D eigenvalue weighted by molar-refractivity contribution is 9.10. The van der Waals surface area contributed by atoms with Crippen LogP contribution < -0.4 is 67.3 Å².